The van der Waals surface area contributed by atoms with Crippen molar-refractivity contribution in [2.24, 2.45) is 0 Å². The second-order valence-electron chi connectivity index (χ2n) is 5.84. The van der Waals surface area contributed by atoms with E-state index in [1.165, 1.54) is 6.92 Å². The molecule has 0 aliphatic heterocycles. The number of nitrogens with zero attached hydrogens (tertiary/aromatic N) is 1. The summed E-state index contributed by atoms with van der Waals surface area (Å²) in [6.07, 6.45) is 0.189. The van der Waals surface area contributed by atoms with E-state index in [1.807, 2.05) is 0 Å². The smallest absolute Gasteiger partial charge is 0.226 e. The number of amides is 2. The van der Waals surface area contributed by atoms with Crippen molar-refractivity contribution in [3.63, 3.8) is 0 Å². The number of hydrogen-bond donors (Lipinski definition) is 1. The van der Waals surface area contributed by atoms with Crippen molar-refractivity contribution in [3.05, 3.63) is 53.6 Å². The number of anilines is 1. The predicted octanol–water partition coefficient (Wildman–Crippen LogP) is 3.60. The maximum atomic E-state index is 12.1. The fourth-order valence-corrected chi connectivity index (χ4v) is 2.59. The molecule has 2 aromatic rings. The van der Waals surface area contributed by atoms with E-state index in [-0.39, 0.29) is 18.2 Å². The molecule has 1 N–H and O–H groups in total. The summed E-state index contributed by atoms with van der Waals surface area (Å²) in [5.74, 6) is 1.15. The van der Waals surface area contributed by atoms with Crippen molar-refractivity contribution >= 4 is 29.1 Å². The molecule has 0 aliphatic carbocycles. The van der Waals surface area contributed by atoms with E-state index in [2.05, 4.69) is 5.32 Å². The van der Waals surface area contributed by atoms with Crippen LogP contribution in [0.5, 0.6) is 11.5 Å². The van der Waals surface area contributed by atoms with Gasteiger partial charge in [0.2, 0.25) is 11.8 Å². The number of benzene rings is 2. The summed E-state index contributed by atoms with van der Waals surface area (Å²) in [6.45, 7) is 2.52. The molecule has 0 saturated heterocycles. The first kappa shape index (κ1) is 20.6. The summed E-state index contributed by atoms with van der Waals surface area (Å²) in [6, 6.07) is 14.1. The molecule has 0 aliphatic rings. The first-order chi connectivity index (χ1) is 13.0. The van der Waals surface area contributed by atoms with Gasteiger partial charge in [-0.1, -0.05) is 17.7 Å². The Kier molecular flexibility index (Phi) is 7.95. The minimum Gasteiger partial charge on any atom is -0.497 e. The number of carbonyl (C=O) groups is 2. The van der Waals surface area contributed by atoms with E-state index in [0.717, 1.165) is 5.75 Å². The number of rotatable bonds is 9. The molecule has 0 saturated carbocycles. The average Bonchev–Trinajstić information content (AvgIpc) is 2.64. The van der Waals surface area contributed by atoms with Crippen molar-refractivity contribution in [1.82, 2.24) is 4.90 Å². The zero-order valence-corrected chi connectivity index (χ0v) is 16.2. The first-order valence-electron chi connectivity index (χ1n) is 8.55. The molecule has 0 atom stereocenters. The van der Waals surface area contributed by atoms with Gasteiger partial charge in [-0.15, -0.1) is 0 Å². The van der Waals surface area contributed by atoms with Crippen LogP contribution in [0.3, 0.4) is 0 Å². The van der Waals surface area contributed by atoms with Gasteiger partial charge in [0.15, 0.2) is 0 Å². The van der Waals surface area contributed by atoms with Gasteiger partial charge in [-0.25, -0.2) is 0 Å². The fourth-order valence-electron chi connectivity index (χ4n) is 2.40. The summed E-state index contributed by atoms with van der Waals surface area (Å²) < 4.78 is 10.7. The molecule has 0 aromatic heterocycles. The topological polar surface area (TPSA) is 67.9 Å². The Morgan fingerprint density at radius 2 is 1.78 bits per heavy atom. The molecule has 144 valence electrons. The van der Waals surface area contributed by atoms with Crippen LogP contribution in [-0.2, 0) is 9.59 Å². The zero-order chi connectivity index (χ0) is 19.6. The van der Waals surface area contributed by atoms with Gasteiger partial charge in [-0.3, -0.25) is 9.59 Å². The molecule has 2 rings (SSSR count). The van der Waals surface area contributed by atoms with E-state index in [0.29, 0.717) is 36.2 Å². The van der Waals surface area contributed by atoms with Crippen LogP contribution in [0.2, 0.25) is 5.02 Å². The lowest BCUT2D eigenvalue weighted by atomic mass is 10.3. The minimum atomic E-state index is -0.181. The molecule has 2 aromatic carbocycles. The maximum Gasteiger partial charge on any atom is 0.226 e. The third-order valence-corrected chi connectivity index (χ3v) is 4.09. The highest BCUT2D eigenvalue weighted by Crippen LogP contribution is 2.17. The molecule has 0 spiro atoms. The molecule has 0 bridgehead atoms. The maximum absolute atomic E-state index is 12.1. The van der Waals surface area contributed by atoms with Gasteiger partial charge in [-0.2, -0.15) is 0 Å². The molecule has 27 heavy (non-hydrogen) atoms. The average molecular weight is 391 g/mol. The van der Waals surface area contributed by atoms with Crippen LogP contribution in [-0.4, -0.2) is 43.5 Å². The Labute approximate surface area is 164 Å². The summed E-state index contributed by atoms with van der Waals surface area (Å²) in [7, 11) is 1.60. The van der Waals surface area contributed by atoms with E-state index in [1.54, 1.807) is 60.5 Å². The first-order valence-corrected chi connectivity index (χ1v) is 8.93. The summed E-state index contributed by atoms with van der Waals surface area (Å²) in [5, 5.41) is 3.32. The highest BCUT2D eigenvalue weighted by Gasteiger charge is 2.12. The summed E-state index contributed by atoms with van der Waals surface area (Å²) >= 11 is 5.90. The Morgan fingerprint density at radius 1 is 1.07 bits per heavy atom. The summed E-state index contributed by atoms with van der Waals surface area (Å²) in [4.78, 5) is 25.4. The Balaban J connectivity index is 1.77. The zero-order valence-electron chi connectivity index (χ0n) is 15.4. The van der Waals surface area contributed by atoms with Crippen molar-refractivity contribution in [2.75, 3.05) is 32.1 Å². The second-order valence-corrected chi connectivity index (χ2v) is 6.28. The number of methoxy groups -OCH3 is 1. The lowest BCUT2D eigenvalue weighted by molar-refractivity contribution is -0.129. The SMILES string of the molecule is COc1ccc(OCCN(CCC(=O)Nc2cccc(Cl)c2)C(C)=O)cc1. The molecule has 7 heteroatoms. The molecule has 0 radical (unpaired) electrons. The van der Waals surface area contributed by atoms with Gasteiger partial charge in [0.25, 0.3) is 0 Å². The Bertz CT molecular complexity index is 765. The number of halogens is 1. The van der Waals surface area contributed by atoms with Crippen LogP contribution in [0, 0.1) is 0 Å². The number of nitrogens with one attached hydrogen (secondary N) is 1. The lowest BCUT2D eigenvalue weighted by Gasteiger charge is -2.21. The second kappa shape index (κ2) is 10.4. The van der Waals surface area contributed by atoms with Gasteiger partial charge in [-0.05, 0) is 42.5 Å². The van der Waals surface area contributed by atoms with Crippen LogP contribution in [0.1, 0.15) is 13.3 Å². The predicted molar refractivity (Wildman–Crippen MR) is 105 cm³/mol. The van der Waals surface area contributed by atoms with Gasteiger partial charge in [0.1, 0.15) is 18.1 Å². The van der Waals surface area contributed by atoms with Crippen molar-refractivity contribution < 1.29 is 19.1 Å². The standard InChI is InChI=1S/C20H23ClN2O4/c1-15(24)23(12-13-27-19-8-6-18(26-2)7-9-19)11-10-20(25)22-17-5-3-4-16(21)14-17/h3-9,14H,10-13H2,1-2H3,(H,22,25). The van der Waals surface area contributed by atoms with Crippen molar-refractivity contribution in [1.29, 1.82) is 0 Å². The highest BCUT2D eigenvalue weighted by atomic mass is 35.5. The summed E-state index contributed by atoms with van der Waals surface area (Å²) in [5.41, 5.74) is 0.629. The fraction of sp³-hybridized carbons (Fsp3) is 0.300. The van der Waals surface area contributed by atoms with E-state index < -0.39 is 0 Å². The van der Waals surface area contributed by atoms with Crippen LogP contribution >= 0.6 is 11.6 Å². The molecule has 2 amide bonds. The van der Waals surface area contributed by atoms with Gasteiger partial charge >= 0.3 is 0 Å². The molecule has 0 heterocycles. The lowest BCUT2D eigenvalue weighted by Crippen LogP contribution is -2.35. The quantitative estimate of drug-likeness (QED) is 0.710. The Hall–Kier alpha value is -2.73. The van der Waals surface area contributed by atoms with Crippen LogP contribution in [0.25, 0.3) is 0 Å². The normalized spacial score (nSPS) is 10.2. The molecule has 6 nitrogen and oxygen atoms in total. The third kappa shape index (κ3) is 7.19. The van der Waals surface area contributed by atoms with Gasteiger partial charge in [0, 0.05) is 30.6 Å². The van der Waals surface area contributed by atoms with Crippen LogP contribution in [0.4, 0.5) is 5.69 Å². The molecule has 0 unspecified atom stereocenters. The molecule has 0 fully saturated rings. The highest BCUT2D eigenvalue weighted by molar-refractivity contribution is 6.30. The number of ether oxygens (including phenoxy) is 2. The largest absolute Gasteiger partial charge is 0.497 e. The monoisotopic (exact) mass is 390 g/mol. The van der Waals surface area contributed by atoms with Crippen molar-refractivity contribution in [2.45, 2.75) is 13.3 Å². The van der Waals surface area contributed by atoms with Crippen LogP contribution in [0.15, 0.2) is 48.5 Å². The molecular weight excluding hydrogens is 368 g/mol. The van der Waals surface area contributed by atoms with Gasteiger partial charge in [0.05, 0.1) is 13.7 Å². The number of hydrogen-bond acceptors (Lipinski definition) is 4. The van der Waals surface area contributed by atoms with E-state index in [9.17, 15) is 9.59 Å². The van der Waals surface area contributed by atoms with Crippen LogP contribution < -0.4 is 14.8 Å². The van der Waals surface area contributed by atoms with Gasteiger partial charge < -0.3 is 19.7 Å². The van der Waals surface area contributed by atoms with Crippen molar-refractivity contribution in [3.8, 4) is 11.5 Å². The minimum absolute atomic E-state index is 0.108. The van der Waals surface area contributed by atoms with E-state index in [4.69, 9.17) is 21.1 Å². The third-order valence-electron chi connectivity index (χ3n) is 3.85. The Morgan fingerprint density at radius 3 is 2.41 bits per heavy atom. The number of carbonyl (C=O) groups excluding carboxylic acids is 2. The molecular formula is C20H23ClN2O4. The van der Waals surface area contributed by atoms with E-state index >= 15 is 0 Å².